The van der Waals surface area contributed by atoms with Crippen LogP contribution < -0.4 is 16.0 Å². The fourth-order valence-electron chi connectivity index (χ4n) is 3.51. The van der Waals surface area contributed by atoms with Crippen molar-refractivity contribution in [2.24, 2.45) is 7.05 Å². The number of ether oxygens (including phenoxy) is 2. The second-order valence-corrected chi connectivity index (χ2v) is 7.26. The number of nitrogens with zero attached hydrogens (tertiary/aromatic N) is 2. The predicted octanol–water partition coefficient (Wildman–Crippen LogP) is 3.81. The van der Waals surface area contributed by atoms with E-state index in [-0.39, 0.29) is 23.8 Å². The topological polar surface area (TPSA) is 96.4 Å². The minimum Gasteiger partial charge on any atom is -0.493 e. The molecule has 0 spiro atoms. The average molecular weight is 429 g/mol. The highest BCUT2D eigenvalue weighted by molar-refractivity contribution is 5.99. The molecule has 2 aromatic carbocycles. The normalized spacial score (nSPS) is 10.8. The van der Waals surface area contributed by atoms with Gasteiger partial charge in [-0.05, 0) is 42.0 Å². The zero-order chi connectivity index (χ0) is 22.5. The quantitative estimate of drug-likeness (QED) is 0.354. The molecule has 0 radical (unpaired) electrons. The van der Waals surface area contributed by atoms with Gasteiger partial charge in [0.2, 0.25) is 0 Å². The number of nitrogen functional groups attached to an aromatic ring is 1. The summed E-state index contributed by atoms with van der Waals surface area (Å²) < 4.78 is 12.5. The number of benzene rings is 2. The summed E-state index contributed by atoms with van der Waals surface area (Å²) in [4.78, 5) is 28.9. The number of anilines is 1. The molecule has 0 atom stereocenters. The van der Waals surface area contributed by atoms with Crippen molar-refractivity contribution >= 4 is 22.7 Å². The van der Waals surface area contributed by atoms with Gasteiger partial charge in [-0.3, -0.25) is 9.36 Å². The van der Waals surface area contributed by atoms with E-state index in [4.69, 9.17) is 15.2 Å². The second kappa shape index (κ2) is 9.34. The summed E-state index contributed by atoms with van der Waals surface area (Å²) in [5.41, 5.74) is 8.56. The zero-order valence-electron chi connectivity index (χ0n) is 17.7. The molecular formula is C25H23N3O4. The standard InChI is InChI=1S/C25H23N3O4/c1-28-23-20(12-6-13-27-23)21(22(26)24(28)29)18-10-5-11-19(16-18)31-14-7-15-32-25(30)17-8-3-2-4-9-17/h2-6,8-13,16H,7,14-15,26H2,1H3. The molecule has 0 amide bonds. The number of aryl methyl sites for hydroxylation is 1. The summed E-state index contributed by atoms with van der Waals surface area (Å²) >= 11 is 0. The Bertz CT molecular complexity index is 1320. The smallest absolute Gasteiger partial charge is 0.338 e. The molecule has 2 N–H and O–H groups in total. The van der Waals surface area contributed by atoms with Crippen molar-refractivity contribution in [3.8, 4) is 16.9 Å². The SMILES string of the molecule is Cn1c(=O)c(N)c(-c2cccc(OCCCOC(=O)c3ccccc3)c2)c2cccnc21. The lowest BCUT2D eigenvalue weighted by molar-refractivity contribution is 0.0486. The summed E-state index contributed by atoms with van der Waals surface area (Å²) in [6.07, 6.45) is 2.19. The van der Waals surface area contributed by atoms with Gasteiger partial charge in [0.25, 0.3) is 5.56 Å². The number of aromatic nitrogens is 2. The first kappa shape index (κ1) is 21.1. The molecular weight excluding hydrogens is 406 g/mol. The van der Waals surface area contributed by atoms with Gasteiger partial charge in [0.05, 0.1) is 18.8 Å². The van der Waals surface area contributed by atoms with Crippen LogP contribution in [0.4, 0.5) is 5.69 Å². The highest BCUT2D eigenvalue weighted by Gasteiger charge is 2.15. The van der Waals surface area contributed by atoms with Crippen LogP contribution in [0.3, 0.4) is 0 Å². The number of carbonyl (C=O) groups is 1. The van der Waals surface area contributed by atoms with Gasteiger partial charge in [-0.1, -0.05) is 30.3 Å². The Morgan fingerprint density at radius 1 is 1.03 bits per heavy atom. The Labute approximate surface area is 185 Å². The van der Waals surface area contributed by atoms with E-state index in [0.29, 0.717) is 35.6 Å². The molecule has 0 fully saturated rings. The van der Waals surface area contributed by atoms with Gasteiger partial charge in [0, 0.05) is 30.6 Å². The highest BCUT2D eigenvalue weighted by Crippen LogP contribution is 2.32. The molecule has 2 heterocycles. The van der Waals surface area contributed by atoms with Crippen LogP contribution in [0, 0.1) is 0 Å². The maximum absolute atomic E-state index is 12.6. The molecule has 32 heavy (non-hydrogen) atoms. The number of hydrogen-bond donors (Lipinski definition) is 1. The fourth-order valence-corrected chi connectivity index (χ4v) is 3.51. The highest BCUT2D eigenvalue weighted by atomic mass is 16.5. The van der Waals surface area contributed by atoms with Crippen molar-refractivity contribution in [3.05, 3.63) is 88.8 Å². The molecule has 2 aromatic heterocycles. The Morgan fingerprint density at radius 3 is 2.66 bits per heavy atom. The third-order valence-electron chi connectivity index (χ3n) is 5.10. The Morgan fingerprint density at radius 2 is 1.84 bits per heavy atom. The van der Waals surface area contributed by atoms with Crippen molar-refractivity contribution in [1.82, 2.24) is 9.55 Å². The van der Waals surface area contributed by atoms with E-state index >= 15 is 0 Å². The maximum Gasteiger partial charge on any atom is 0.338 e. The van der Waals surface area contributed by atoms with Crippen LogP contribution in [-0.2, 0) is 11.8 Å². The van der Waals surface area contributed by atoms with Crippen LogP contribution in [0.15, 0.2) is 77.7 Å². The average Bonchev–Trinajstić information content (AvgIpc) is 2.83. The van der Waals surface area contributed by atoms with Crippen molar-refractivity contribution in [2.45, 2.75) is 6.42 Å². The minimum atomic E-state index is -0.353. The molecule has 0 saturated carbocycles. The van der Waals surface area contributed by atoms with Gasteiger partial charge in [-0.25, -0.2) is 9.78 Å². The molecule has 4 aromatic rings. The van der Waals surface area contributed by atoms with Gasteiger partial charge in [-0.15, -0.1) is 0 Å². The maximum atomic E-state index is 12.6. The summed E-state index contributed by atoms with van der Waals surface area (Å²) in [6, 6.07) is 20.0. The molecule has 0 aliphatic rings. The number of fused-ring (bicyclic) bond motifs is 1. The van der Waals surface area contributed by atoms with Crippen molar-refractivity contribution < 1.29 is 14.3 Å². The molecule has 0 saturated heterocycles. The number of carbonyl (C=O) groups excluding carboxylic acids is 1. The Hall–Kier alpha value is -4.13. The van der Waals surface area contributed by atoms with Crippen LogP contribution in [0.5, 0.6) is 5.75 Å². The minimum absolute atomic E-state index is 0.165. The molecule has 0 aliphatic heterocycles. The lowest BCUT2D eigenvalue weighted by atomic mass is 10.0. The first-order chi connectivity index (χ1) is 15.6. The first-order valence-electron chi connectivity index (χ1n) is 10.2. The third kappa shape index (κ3) is 4.32. The predicted molar refractivity (Wildman–Crippen MR) is 124 cm³/mol. The van der Waals surface area contributed by atoms with Gasteiger partial charge in [0.1, 0.15) is 17.1 Å². The molecule has 0 unspecified atom stereocenters. The summed E-state index contributed by atoms with van der Waals surface area (Å²) in [6.45, 7) is 0.630. The van der Waals surface area contributed by atoms with E-state index in [2.05, 4.69) is 4.98 Å². The monoisotopic (exact) mass is 429 g/mol. The summed E-state index contributed by atoms with van der Waals surface area (Å²) in [7, 11) is 1.65. The molecule has 0 aliphatic carbocycles. The van der Waals surface area contributed by atoms with Crippen LogP contribution in [0.2, 0.25) is 0 Å². The molecule has 162 valence electrons. The number of esters is 1. The third-order valence-corrected chi connectivity index (χ3v) is 5.10. The largest absolute Gasteiger partial charge is 0.493 e. The first-order valence-corrected chi connectivity index (χ1v) is 10.2. The van der Waals surface area contributed by atoms with Gasteiger partial charge >= 0.3 is 5.97 Å². The molecule has 4 rings (SSSR count). The van der Waals surface area contributed by atoms with Crippen molar-refractivity contribution in [3.63, 3.8) is 0 Å². The van der Waals surface area contributed by atoms with E-state index in [1.54, 1.807) is 37.5 Å². The van der Waals surface area contributed by atoms with Crippen LogP contribution >= 0.6 is 0 Å². The van der Waals surface area contributed by atoms with Crippen LogP contribution in [-0.4, -0.2) is 28.7 Å². The number of pyridine rings is 2. The molecule has 0 bridgehead atoms. The van der Waals surface area contributed by atoms with E-state index in [9.17, 15) is 9.59 Å². The molecule has 7 heteroatoms. The lowest BCUT2D eigenvalue weighted by Crippen LogP contribution is -2.22. The summed E-state index contributed by atoms with van der Waals surface area (Å²) in [5.74, 6) is 0.281. The zero-order valence-corrected chi connectivity index (χ0v) is 17.7. The molecule has 7 nitrogen and oxygen atoms in total. The van der Waals surface area contributed by atoms with Crippen molar-refractivity contribution in [2.75, 3.05) is 18.9 Å². The second-order valence-electron chi connectivity index (χ2n) is 7.26. The fraction of sp³-hybridized carbons (Fsp3) is 0.160. The number of nitrogens with two attached hydrogens (primary N) is 1. The number of hydrogen-bond acceptors (Lipinski definition) is 6. The van der Waals surface area contributed by atoms with E-state index in [1.807, 2.05) is 42.5 Å². The summed E-state index contributed by atoms with van der Waals surface area (Å²) in [5, 5.41) is 0.789. The van der Waals surface area contributed by atoms with E-state index in [1.165, 1.54) is 4.57 Å². The van der Waals surface area contributed by atoms with Crippen molar-refractivity contribution in [1.29, 1.82) is 0 Å². The van der Waals surface area contributed by atoms with Gasteiger partial charge in [0.15, 0.2) is 0 Å². The lowest BCUT2D eigenvalue weighted by Gasteiger charge is -2.14. The van der Waals surface area contributed by atoms with Gasteiger partial charge < -0.3 is 15.2 Å². The Kier molecular flexibility index (Phi) is 6.17. The van der Waals surface area contributed by atoms with Gasteiger partial charge in [-0.2, -0.15) is 0 Å². The number of rotatable bonds is 7. The van der Waals surface area contributed by atoms with E-state index < -0.39 is 0 Å². The van der Waals surface area contributed by atoms with Crippen LogP contribution in [0.25, 0.3) is 22.2 Å². The van der Waals surface area contributed by atoms with Crippen LogP contribution in [0.1, 0.15) is 16.8 Å². The Balaban J connectivity index is 1.45. The van der Waals surface area contributed by atoms with E-state index in [0.717, 1.165) is 10.9 Å².